The first-order valence-electron chi connectivity index (χ1n) is 16.3. The molecule has 4 fully saturated rings. The standard InChI is InChI=1S/C33H41N7O4S/c1-21-6-9-27-36-28(21)34-16-4-5-22-19-31(2,3)39(20-22)29-23(30(41)38-45(27,42)43)7-8-25(35-29)40-17-10-26(37-40)44-18-11-24-32(12-13-32)33(24)14-15-33/h6-10,17,22,24H,4-5,11-16,18-20H2,1-3H3,(H,34,36)(H,38,41)/t22-/m0/s1. The summed E-state index contributed by atoms with van der Waals surface area (Å²) in [6.45, 7) is 8.22. The molecule has 3 aromatic heterocycles. The smallest absolute Gasteiger partial charge is 0.281 e. The normalized spacial score (nSPS) is 25.1. The van der Waals surface area contributed by atoms with Gasteiger partial charge in [-0.1, -0.05) is 6.07 Å². The van der Waals surface area contributed by atoms with Crippen molar-refractivity contribution in [2.24, 2.45) is 22.7 Å². The van der Waals surface area contributed by atoms with E-state index in [4.69, 9.17) is 9.72 Å². The van der Waals surface area contributed by atoms with E-state index in [-0.39, 0.29) is 16.1 Å². The summed E-state index contributed by atoms with van der Waals surface area (Å²) in [5, 5.41) is 7.73. The van der Waals surface area contributed by atoms with E-state index in [1.807, 2.05) is 19.2 Å². The minimum Gasteiger partial charge on any atom is -0.477 e. The SMILES string of the molecule is Cc1ccc2nc1NCCC[C@@H]1CN(c3nc(-n4ccc(OCCC5C6(CC6)C56CC6)n4)ccc3C(=O)NS2(=O)=O)C(C)(C)C1. The molecule has 3 saturated carbocycles. The van der Waals surface area contributed by atoms with Crippen LogP contribution < -0.4 is 19.7 Å². The number of amides is 1. The minimum atomic E-state index is -4.24. The number of anilines is 2. The molecule has 1 amide bonds. The molecule has 2 aliphatic heterocycles. The summed E-state index contributed by atoms with van der Waals surface area (Å²) in [7, 11) is -4.24. The van der Waals surface area contributed by atoms with Gasteiger partial charge in [0.25, 0.3) is 15.9 Å². The first-order chi connectivity index (χ1) is 21.5. The van der Waals surface area contributed by atoms with Gasteiger partial charge in [-0.2, -0.15) is 8.42 Å². The van der Waals surface area contributed by atoms with Gasteiger partial charge in [0, 0.05) is 30.9 Å². The number of fused-ring (bicyclic) bond motifs is 7. The second-order valence-electron chi connectivity index (χ2n) is 14.5. The van der Waals surface area contributed by atoms with Crippen LogP contribution in [-0.4, -0.2) is 59.3 Å². The lowest BCUT2D eigenvalue weighted by molar-refractivity contribution is 0.0981. The Morgan fingerprint density at radius 1 is 1.04 bits per heavy atom. The van der Waals surface area contributed by atoms with Gasteiger partial charge in [-0.15, -0.1) is 5.10 Å². The molecule has 1 saturated heterocycles. The van der Waals surface area contributed by atoms with E-state index in [1.165, 1.54) is 31.7 Å². The molecule has 0 radical (unpaired) electrons. The third kappa shape index (κ3) is 4.78. The Bertz CT molecular complexity index is 1780. The highest BCUT2D eigenvalue weighted by Crippen LogP contribution is 2.93. The molecule has 3 aliphatic carbocycles. The lowest BCUT2D eigenvalue weighted by Gasteiger charge is -2.34. The number of nitrogens with one attached hydrogen (secondary N) is 2. The molecule has 4 bridgehead atoms. The Kier molecular flexibility index (Phi) is 6.34. The van der Waals surface area contributed by atoms with Crippen molar-refractivity contribution in [1.29, 1.82) is 0 Å². The number of aromatic nitrogens is 4. The number of rotatable bonds is 5. The van der Waals surface area contributed by atoms with Crippen molar-refractivity contribution in [3.63, 3.8) is 0 Å². The van der Waals surface area contributed by atoms with Gasteiger partial charge < -0.3 is 15.0 Å². The molecule has 238 valence electrons. The van der Waals surface area contributed by atoms with Crippen molar-refractivity contribution < 1.29 is 17.9 Å². The molecular formula is C33H41N7O4S. The highest BCUT2D eigenvalue weighted by atomic mass is 32.2. The second-order valence-corrected chi connectivity index (χ2v) is 16.1. The molecule has 3 aromatic rings. The first-order valence-corrected chi connectivity index (χ1v) is 17.8. The maximum atomic E-state index is 13.7. The van der Waals surface area contributed by atoms with Gasteiger partial charge in [0.2, 0.25) is 5.88 Å². The average molecular weight is 632 g/mol. The fourth-order valence-electron chi connectivity index (χ4n) is 8.72. The quantitative estimate of drug-likeness (QED) is 0.405. The topological polar surface area (TPSA) is 131 Å². The van der Waals surface area contributed by atoms with E-state index in [2.05, 4.69) is 38.9 Å². The van der Waals surface area contributed by atoms with Crippen molar-refractivity contribution in [2.75, 3.05) is 29.9 Å². The summed E-state index contributed by atoms with van der Waals surface area (Å²) >= 11 is 0. The lowest BCUT2D eigenvalue weighted by atomic mass is 9.93. The molecule has 45 heavy (non-hydrogen) atoms. The van der Waals surface area contributed by atoms with Crippen molar-refractivity contribution >= 4 is 27.6 Å². The van der Waals surface area contributed by atoms with Crippen molar-refractivity contribution in [3.05, 3.63) is 47.7 Å². The van der Waals surface area contributed by atoms with Crippen LogP contribution in [0.3, 0.4) is 0 Å². The first kappa shape index (κ1) is 28.8. The molecule has 2 N–H and O–H groups in total. The molecule has 2 spiro atoms. The summed E-state index contributed by atoms with van der Waals surface area (Å²) < 4.78 is 36.7. The second kappa shape index (κ2) is 9.91. The summed E-state index contributed by atoms with van der Waals surface area (Å²) in [6.07, 6.45) is 11.3. The molecular weight excluding hydrogens is 590 g/mol. The number of pyridine rings is 2. The fourth-order valence-corrected chi connectivity index (χ4v) is 9.63. The number of carbonyl (C=O) groups excluding carboxylic acids is 1. The molecule has 8 rings (SSSR count). The predicted molar refractivity (Wildman–Crippen MR) is 169 cm³/mol. The average Bonchev–Trinajstić information content (AvgIpc) is 3.95. The van der Waals surface area contributed by atoms with E-state index < -0.39 is 15.9 Å². The largest absolute Gasteiger partial charge is 0.477 e. The number of carbonyl (C=O) groups is 1. The zero-order valence-electron chi connectivity index (χ0n) is 26.2. The third-order valence-corrected chi connectivity index (χ3v) is 12.5. The van der Waals surface area contributed by atoms with E-state index in [0.29, 0.717) is 59.8 Å². The highest BCUT2D eigenvalue weighted by Gasteiger charge is 2.85. The van der Waals surface area contributed by atoms with E-state index in [1.54, 1.807) is 22.9 Å². The monoisotopic (exact) mass is 631 g/mol. The third-order valence-electron chi connectivity index (χ3n) is 11.3. The predicted octanol–water partition coefficient (Wildman–Crippen LogP) is 4.86. The number of hydrogen-bond donors (Lipinski definition) is 2. The van der Waals surface area contributed by atoms with Crippen LogP contribution in [0.5, 0.6) is 5.88 Å². The van der Waals surface area contributed by atoms with Gasteiger partial charge >= 0.3 is 0 Å². The van der Waals surface area contributed by atoms with Crippen molar-refractivity contribution in [2.45, 2.75) is 82.7 Å². The van der Waals surface area contributed by atoms with Crippen LogP contribution >= 0.6 is 0 Å². The molecule has 1 atom stereocenters. The van der Waals surface area contributed by atoms with Crippen LogP contribution in [0.1, 0.15) is 81.1 Å². The van der Waals surface area contributed by atoms with Gasteiger partial charge in [-0.25, -0.2) is 19.4 Å². The number of hydrogen-bond acceptors (Lipinski definition) is 9. The van der Waals surface area contributed by atoms with Crippen molar-refractivity contribution in [3.8, 4) is 11.7 Å². The maximum Gasteiger partial charge on any atom is 0.281 e. The van der Waals surface area contributed by atoms with Crippen molar-refractivity contribution in [1.82, 2.24) is 24.5 Å². The van der Waals surface area contributed by atoms with E-state index >= 15 is 0 Å². The Hall–Kier alpha value is -3.67. The van der Waals surface area contributed by atoms with E-state index in [0.717, 1.165) is 37.2 Å². The van der Waals surface area contributed by atoms with Gasteiger partial charge in [0.05, 0.1) is 12.2 Å². The summed E-state index contributed by atoms with van der Waals surface area (Å²) in [6, 6.07) is 8.29. The molecule has 0 aromatic carbocycles. The van der Waals surface area contributed by atoms with Gasteiger partial charge in [0.1, 0.15) is 11.6 Å². The number of aryl methyl sites for hydroxylation is 1. The molecule has 12 heteroatoms. The Labute approximate surface area is 264 Å². The lowest BCUT2D eigenvalue weighted by Crippen LogP contribution is -2.41. The number of ether oxygens (including phenoxy) is 1. The van der Waals surface area contributed by atoms with Crippen LogP contribution in [0.2, 0.25) is 0 Å². The molecule has 5 heterocycles. The van der Waals surface area contributed by atoms with Crippen LogP contribution in [0.4, 0.5) is 11.6 Å². The maximum absolute atomic E-state index is 13.7. The zero-order valence-corrected chi connectivity index (χ0v) is 27.0. The van der Waals surface area contributed by atoms with E-state index in [9.17, 15) is 13.2 Å². The Morgan fingerprint density at radius 2 is 1.82 bits per heavy atom. The highest BCUT2D eigenvalue weighted by molar-refractivity contribution is 7.90. The zero-order chi connectivity index (χ0) is 31.2. The summed E-state index contributed by atoms with van der Waals surface area (Å²) in [5.41, 5.74) is 2.06. The van der Waals surface area contributed by atoms with Gasteiger partial charge in [-0.3, -0.25) is 4.79 Å². The van der Waals surface area contributed by atoms with Crippen LogP contribution in [0.15, 0.2) is 41.6 Å². The Balaban J connectivity index is 1.08. The van der Waals surface area contributed by atoms with Crippen LogP contribution in [0, 0.1) is 29.6 Å². The number of nitrogens with zero attached hydrogens (tertiary/aromatic N) is 5. The minimum absolute atomic E-state index is 0.187. The van der Waals surface area contributed by atoms with Crippen LogP contribution in [0.25, 0.3) is 5.82 Å². The summed E-state index contributed by atoms with van der Waals surface area (Å²) in [4.78, 5) is 25.1. The Morgan fingerprint density at radius 3 is 2.58 bits per heavy atom. The molecule has 11 nitrogen and oxygen atoms in total. The molecule has 0 unspecified atom stereocenters. The summed E-state index contributed by atoms with van der Waals surface area (Å²) in [5.74, 6) is 2.49. The molecule has 5 aliphatic rings. The fraction of sp³-hybridized carbons (Fsp3) is 0.576. The van der Waals surface area contributed by atoms with Gasteiger partial charge in [0.15, 0.2) is 10.8 Å². The van der Waals surface area contributed by atoms with Gasteiger partial charge in [-0.05, 0) is 119 Å². The van der Waals surface area contributed by atoms with Crippen LogP contribution in [-0.2, 0) is 10.0 Å². The number of sulfonamides is 1.